The Balaban J connectivity index is 1.59. The van der Waals surface area contributed by atoms with Crippen LogP contribution in [0.3, 0.4) is 0 Å². The van der Waals surface area contributed by atoms with E-state index in [0.29, 0.717) is 5.92 Å². The minimum atomic E-state index is 0.683. The summed E-state index contributed by atoms with van der Waals surface area (Å²) in [5.74, 6) is 1.63. The molecule has 1 aromatic carbocycles. The van der Waals surface area contributed by atoms with Crippen molar-refractivity contribution in [3.63, 3.8) is 0 Å². The molecule has 0 aliphatic rings. The van der Waals surface area contributed by atoms with E-state index in [0.717, 1.165) is 44.1 Å². The summed E-state index contributed by atoms with van der Waals surface area (Å²) in [4.78, 5) is 1.38. The molecule has 22 heavy (non-hydrogen) atoms. The van der Waals surface area contributed by atoms with Crippen LogP contribution in [0.5, 0.6) is 5.75 Å². The maximum absolute atomic E-state index is 5.72. The van der Waals surface area contributed by atoms with Gasteiger partial charge in [0.05, 0.1) is 6.61 Å². The first-order valence-corrected chi connectivity index (χ1v) is 8.82. The van der Waals surface area contributed by atoms with Crippen molar-refractivity contribution in [1.29, 1.82) is 0 Å². The minimum absolute atomic E-state index is 0.683. The standard InChI is InChI=1S/C18H26N2OS/c1-15(2)9-12-21-17-7-5-16(6-8-17)20-11-10-19-14-18-4-3-13-22-18/h3-8,13,15,19-20H,9-12,14H2,1-2H3. The molecule has 4 heteroatoms. The van der Waals surface area contributed by atoms with Gasteiger partial charge in [0.15, 0.2) is 0 Å². The number of nitrogens with one attached hydrogen (secondary N) is 2. The number of hydrogen-bond donors (Lipinski definition) is 2. The topological polar surface area (TPSA) is 33.3 Å². The lowest BCUT2D eigenvalue weighted by molar-refractivity contribution is 0.289. The van der Waals surface area contributed by atoms with Crippen LogP contribution in [0.15, 0.2) is 41.8 Å². The van der Waals surface area contributed by atoms with Crippen molar-refractivity contribution in [2.45, 2.75) is 26.8 Å². The van der Waals surface area contributed by atoms with E-state index in [4.69, 9.17) is 4.74 Å². The maximum atomic E-state index is 5.72. The van der Waals surface area contributed by atoms with Gasteiger partial charge >= 0.3 is 0 Å². The van der Waals surface area contributed by atoms with Crippen LogP contribution in [-0.4, -0.2) is 19.7 Å². The minimum Gasteiger partial charge on any atom is -0.494 e. The Morgan fingerprint density at radius 1 is 1.09 bits per heavy atom. The average Bonchev–Trinajstić information content (AvgIpc) is 3.01. The Morgan fingerprint density at radius 3 is 2.59 bits per heavy atom. The summed E-state index contributed by atoms with van der Waals surface area (Å²) in [6.45, 7) is 8.02. The summed E-state index contributed by atoms with van der Waals surface area (Å²) in [5, 5.41) is 8.95. The van der Waals surface area contributed by atoms with E-state index in [1.54, 1.807) is 11.3 Å². The quantitative estimate of drug-likeness (QED) is 0.638. The largest absolute Gasteiger partial charge is 0.494 e. The molecule has 0 aliphatic heterocycles. The summed E-state index contributed by atoms with van der Waals surface area (Å²) in [5.41, 5.74) is 1.13. The van der Waals surface area contributed by atoms with Gasteiger partial charge < -0.3 is 15.4 Å². The SMILES string of the molecule is CC(C)CCOc1ccc(NCCNCc2cccs2)cc1. The molecule has 1 heterocycles. The van der Waals surface area contributed by atoms with Crippen LogP contribution in [0.1, 0.15) is 25.1 Å². The Bertz CT molecular complexity index is 508. The monoisotopic (exact) mass is 318 g/mol. The van der Waals surface area contributed by atoms with Crippen LogP contribution in [0.25, 0.3) is 0 Å². The van der Waals surface area contributed by atoms with Crippen molar-refractivity contribution in [3.05, 3.63) is 46.7 Å². The van der Waals surface area contributed by atoms with Crippen LogP contribution in [-0.2, 0) is 6.54 Å². The van der Waals surface area contributed by atoms with Crippen molar-refractivity contribution in [2.75, 3.05) is 25.0 Å². The fourth-order valence-corrected chi connectivity index (χ4v) is 2.68. The molecule has 0 amide bonds. The van der Waals surface area contributed by atoms with Gasteiger partial charge in [-0.05, 0) is 48.1 Å². The molecule has 0 atom stereocenters. The van der Waals surface area contributed by atoms with E-state index in [1.807, 2.05) is 12.1 Å². The second-order valence-corrected chi connectivity index (χ2v) is 6.77. The summed E-state index contributed by atoms with van der Waals surface area (Å²) in [6.07, 6.45) is 1.09. The van der Waals surface area contributed by atoms with E-state index in [2.05, 4.69) is 54.1 Å². The second-order valence-electron chi connectivity index (χ2n) is 5.74. The molecule has 0 radical (unpaired) electrons. The molecule has 0 bridgehead atoms. The molecule has 2 aromatic rings. The first-order valence-electron chi connectivity index (χ1n) is 7.94. The number of hydrogen-bond acceptors (Lipinski definition) is 4. The summed E-state index contributed by atoms with van der Waals surface area (Å²) < 4.78 is 5.72. The molecule has 0 saturated carbocycles. The fraction of sp³-hybridized carbons (Fsp3) is 0.444. The highest BCUT2D eigenvalue weighted by Crippen LogP contribution is 2.16. The molecule has 0 saturated heterocycles. The van der Waals surface area contributed by atoms with Crippen LogP contribution in [0.4, 0.5) is 5.69 Å². The highest BCUT2D eigenvalue weighted by molar-refractivity contribution is 7.09. The predicted octanol–water partition coefficient (Wildman–Crippen LogP) is 4.37. The van der Waals surface area contributed by atoms with E-state index < -0.39 is 0 Å². The number of anilines is 1. The Kier molecular flexibility index (Phi) is 7.26. The van der Waals surface area contributed by atoms with Crippen molar-refractivity contribution in [2.24, 2.45) is 5.92 Å². The van der Waals surface area contributed by atoms with Crippen LogP contribution < -0.4 is 15.4 Å². The third kappa shape index (κ3) is 6.50. The van der Waals surface area contributed by atoms with Gasteiger partial charge in [-0.1, -0.05) is 19.9 Å². The molecule has 0 fully saturated rings. The van der Waals surface area contributed by atoms with Gasteiger partial charge in [-0.3, -0.25) is 0 Å². The highest BCUT2D eigenvalue weighted by atomic mass is 32.1. The summed E-state index contributed by atoms with van der Waals surface area (Å²) >= 11 is 1.79. The smallest absolute Gasteiger partial charge is 0.119 e. The van der Waals surface area contributed by atoms with Gasteiger partial charge in [-0.2, -0.15) is 0 Å². The van der Waals surface area contributed by atoms with Crippen LogP contribution >= 0.6 is 11.3 Å². The molecule has 2 rings (SSSR count). The van der Waals surface area contributed by atoms with Gasteiger partial charge in [0.2, 0.25) is 0 Å². The molecule has 0 aliphatic carbocycles. The molecule has 2 N–H and O–H groups in total. The molecular weight excluding hydrogens is 292 g/mol. The fourth-order valence-electron chi connectivity index (χ4n) is 2.00. The number of benzene rings is 1. The lowest BCUT2D eigenvalue weighted by atomic mass is 10.1. The molecule has 3 nitrogen and oxygen atoms in total. The van der Waals surface area contributed by atoms with Crippen molar-refractivity contribution in [3.8, 4) is 5.75 Å². The zero-order valence-corrected chi connectivity index (χ0v) is 14.3. The van der Waals surface area contributed by atoms with Gasteiger partial charge in [0.1, 0.15) is 5.75 Å². The van der Waals surface area contributed by atoms with Gasteiger partial charge in [-0.25, -0.2) is 0 Å². The Morgan fingerprint density at radius 2 is 1.91 bits per heavy atom. The van der Waals surface area contributed by atoms with Crippen molar-refractivity contribution >= 4 is 17.0 Å². The zero-order chi connectivity index (χ0) is 15.6. The highest BCUT2D eigenvalue weighted by Gasteiger charge is 1.98. The van der Waals surface area contributed by atoms with Gasteiger partial charge in [-0.15, -0.1) is 11.3 Å². The molecular formula is C18H26N2OS. The zero-order valence-electron chi connectivity index (χ0n) is 13.5. The maximum Gasteiger partial charge on any atom is 0.119 e. The second kappa shape index (κ2) is 9.49. The normalized spacial score (nSPS) is 10.9. The van der Waals surface area contributed by atoms with E-state index >= 15 is 0 Å². The Labute approximate surface area is 137 Å². The van der Waals surface area contributed by atoms with Crippen molar-refractivity contribution in [1.82, 2.24) is 5.32 Å². The van der Waals surface area contributed by atoms with Crippen LogP contribution in [0.2, 0.25) is 0 Å². The van der Waals surface area contributed by atoms with Gasteiger partial charge in [0, 0.05) is 30.2 Å². The molecule has 120 valence electrons. The van der Waals surface area contributed by atoms with Gasteiger partial charge in [0.25, 0.3) is 0 Å². The van der Waals surface area contributed by atoms with Crippen LogP contribution in [0, 0.1) is 5.92 Å². The third-order valence-corrected chi connectivity index (χ3v) is 4.20. The first-order chi connectivity index (χ1) is 10.7. The lowest BCUT2D eigenvalue weighted by Gasteiger charge is -2.10. The van der Waals surface area contributed by atoms with E-state index in [9.17, 15) is 0 Å². The summed E-state index contributed by atoms with van der Waals surface area (Å²) in [6, 6.07) is 12.4. The number of ether oxygens (including phenoxy) is 1. The summed E-state index contributed by atoms with van der Waals surface area (Å²) in [7, 11) is 0. The van der Waals surface area contributed by atoms with E-state index in [-0.39, 0.29) is 0 Å². The number of thiophene rings is 1. The number of rotatable bonds is 10. The molecule has 1 aromatic heterocycles. The average molecular weight is 318 g/mol. The third-order valence-electron chi connectivity index (χ3n) is 3.33. The molecule has 0 spiro atoms. The lowest BCUT2D eigenvalue weighted by Crippen LogP contribution is -2.21. The van der Waals surface area contributed by atoms with Crippen molar-refractivity contribution < 1.29 is 4.74 Å². The van der Waals surface area contributed by atoms with E-state index in [1.165, 1.54) is 4.88 Å². The Hall–Kier alpha value is -1.52. The first kappa shape index (κ1) is 16.8. The molecule has 0 unspecified atom stereocenters. The predicted molar refractivity (Wildman–Crippen MR) is 95.9 cm³/mol.